The Labute approximate surface area is 208 Å². The second kappa shape index (κ2) is 7.14. The highest BCUT2D eigenvalue weighted by atomic mass is 15.0. The number of imidazole rings is 4. The maximum Gasteiger partial charge on any atom is 0.140 e. The quantitative estimate of drug-likeness (QED) is 0.233. The average Bonchev–Trinajstić information content (AvgIpc) is 3.71. The third-order valence-corrected chi connectivity index (χ3v) is 7.04. The first-order valence-electron chi connectivity index (χ1n) is 12.1. The zero-order valence-corrected chi connectivity index (χ0v) is 19.8. The van der Waals surface area contributed by atoms with E-state index in [2.05, 4.69) is 26.5 Å². The average molecular weight is 481 g/mol. The molecule has 3 aromatic carbocycles. The van der Waals surface area contributed by atoms with Gasteiger partial charge in [-0.25, -0.2) is 19.9 Å². The number of aromatic nitrogens is 8. The van der Waals surface area contributed by atoms with Gasteiger partial charge in [-0.2, -0.15) is 0 Å². The van der Waals surface area contributed by atoms with Crippen LogP contribution >= 0.6 is 0 Å². The van der Waals surface area contributed by atoms with E-state index in [1.807, 2.05) is 67.6 Å². The highest BCUT2D eigenvalue weighted by Gasteiger charge is 2.13. The Hall–Kier alpha value is -5.24. The van der Waals surface area contributed by atoms with Crippen molar-refractivity contribution in [2.45, 2.75) is 6.92 Å². The van der Waals surface area contributed by atoms with E-state index in [-0.39, 0.29) is 0 Å². The molecule has 8 heteroatoms. The van der Waals surface area contributed by atoms with E-state index in [4.69, 9.17) is 19.9 Å². The summed E-state index contributed by atoms with van der Waals surface area (Å²) in [4.78, 5) is 34.1. The van der Waals surface area contributed by atoms with Crippen LogP contribution in [-0.4, -0.2) is 39.9 Å². The first-order valence-corrected chi connectivity index (χ1v) is 12.1. The molecule has 0 fully saturated rings. The van der Waals surface area contributed by atoms with Crippen LogP contribution in [0.5, 0.6) is 0 Å². The topological polar surface area (TPSA) is 115 Å². The highest BCUT2D eigenvalue weighted by Crippen LogP contribution is 2.28. The van der Waals surface area contributed by atoms with Gasteiger partial charge in [0.05, 0.1) is 44.0 Å². The van der Waals surface area contributed by atoms with Gasteiger partial charge in [0.25, 0.3) is 0 Å². The molecule has 0 saturated carbocycles. The van der Waals surface area contributed by atoms with E-state index < -0.39 is 0 Å². The lowest BCUT2D eigenvalue weighted by molar-refractivity contribution is 1.38. The summed E-state index contributed by atoms with van der Waals surface area (Å²) in [5, 5.41) is 3.64. The summed E-state index contributed by atoms with van der Waals surface area (Å²) >= 11 is 0. The molecule has 8 rings (SSSR count). The second-order valence-electron chi connectivity index (χ2n) is 9.12. The summed E-state index contributed by atoms with van der Waals surface area (Å²) in [7, 11) is 0. The van der Waals surface area contributed by atoms with Crippen LogP contribution in [0.25, 0.3) is 89.5 Å². The van der Waals surface area contributed by atoms with Crippen molar-refractivity contribution in [2.24, 2.45) is 0 Å². The minimum atomic E-state index is 0.697. The van der Waals surface area contributed by atoms with Crippen molar-refractivity contribution < 1.29 is 0 Å². The van der Waals surface area contributed by atoms with Crippen molar-refractivity contribution >= 4 is 89.5 Å². The highest BCUT2D eigenvalue weighted by molar-refractivity contribution is 6.09. The lowest BCUT2D eigenvalue weighted by atomic mass is 10.2. The molecule has 0 aliphatic rings. The monoisotopic (exact) mass is 480 g/mol. The van der Waals surface area contributed by atoms with E-state index in [1.165, 1.54) is 0 Å². The molecular weight excluding hydrogens is 460 g/mol. The van der Waals surface area contributed by atoms with E-state index in [0.29, 0.717) is 5.65 Å². The van der Waals surface area contributed by atoms with E-state index in [1.54, 1.807) is 6.08 Å². The van der Waals surface area contributed by atoms with Crippen LogP contribution in [0.1, 0.15) is 12.5 Å². The Morgan fingerprint density at radius 2 is 1.00 bits per heavy atom. The molecule has 0 radical (unpaired) electrons. The molecule has 5 aromatic heterocycles. The zero-order chi connectivity index (χ0) is 24.7. The molecule has 8 aromatic rings. The lowest BCUT2D eigenvalue weighted by Gasteiger charge is -1.92. The molecule has 176 valence electrons. The van der Waals surface area contributed by atoms with Crippen molar-refractivity contribution in [3.05, 3.63) is 72.1 Å². The molecule has 0 saturated heterocycles. The number of benzene rings is 3. The first-order chi connectivity index (χ1) is 18.2. The van der Waals surface area contributed by atoms with Gasteiger partial charge in [0.1, 0.15) is 22.6 Å². The fourth-order valence-corrected chi connectivity index (χ4v) is 5.29. The number of nitrogens with one attached hydrogen (secondary N) is 4. The predicted molar refractivity (Wildman–Crippen MR) is 151 cm³/mol. The SMILES string of the molecule is C=Cc1c2nc3c(cccc3c3nc4c(cccc4c4nc5c(cccc5c5nc1/c(=C\C)[nH]5)[nH]4)[nH]3)[nH]2. The summed E-state index contributed by atoms with van der Waals surface area (Å²) < 4.78 is 0. The fraction of sp³-hybridized carbons (Fsp3) is 0.0345. The predicted octanol–water partition coefficient (Wildman–Crippen LogP) is 5.94. The number of rotatable bonds is 1. The van der Waals surface area contributed by atoms with E-state index >= 15 is 0 Å². The van der Waals surface area contributed by atoms with Gasteiger partial charge >= 0.3 is 0 Å². The number of hydrogen-bond acceptors (Lipinski definition) is 4. The molecule has 0 atom stereocenters. The second-order valence-corrected chi connectivity index (χ2v) is 9.12. The number of nitrogens with zero attached hydrogens (tertiary/aromatic N) is 4. The van der Waals surface area contributed by atoms with Crippen LogP contribution in [0.15, 0.2) is 61.2 Å². The smallest absolute Gasteiger partial charge is 0.140 e. The lowest BCUT2D eigenvalue weighted by Crippen LogP contribution is -2.01. The number of para-hydroxylation sites is 3. The molecule has 37 heavy (non-hydrogen) atoms. The summed E-state index contributed by atoms with van der Waals surface area (Å²) in [6.07, 6.45) is 3.81. The molecule has 8 nitrogen and oxygen atoms in total. The molecule has 0 unspecified atom stereocenters. The van der Waals surface area contributed by atoms with Crippen molar-refractivity contribution in [2.75, 3.05) is 0 Å². The van der Waals surface area contributed by atoms with Crippen LogP contribution in [0.4, 0.5) is 0 Å². The van der Waals surface area contributed by atoms with Crippen LogP contribution in [0.3, 0.4) is 0 Å². The third-order valence-electron chi connectivity index (χ3n) is 7.04. The molecule has 5 heterocycles. The normalized spacial score (nSPS) is 12.7. The van der Waals surface area contributed by atoms with Crippen molar-refractivity contribution in [3.8, 4) is 0 Å². The Bertz CT molecular complexity index is 2340. The van der Waals surface area contributed by atoms with Gasteiger partial charge < -0.3 is 19.9 Å². The van der Waals surface area contributed by atoms with E-state index in [0.717, 1.165) is 82.6 Å². The van der Waals surface area contributed by atoms with Gasteiger partial charge in [0, 0.05) is 21.7 Å². The molecule has 0 amide bonds. The Balaban J connectivity index is 1.73. The van der Waals surface area contributed by atoms with Crippen molar-refractivity contribution in [1.29, 1.82) is 0 Å². The van der Waals surface area contributed by atoms with Gasteiger partial charge in [-0.1, -0.05) is 36.9 Å². The Morgan fingerprint density at radius 3 is 1.49 bits per heavy atom. The standard InChI is InChI=1S/C29H20N8/c1-3-14-22-18(4-2)30-27(34-22)15-8-5-12-20-24(15)36-29(32-20)17-10-7-13-21-25(17)37-28(33-21)16-9-6-11-19-23(16)35-26(14)31-19/h3-13H,1H2,2H3,(H,30,34)(H,31,35)(H,32,36)(H,33,37)/b18-4+. The molecule has 8 bridgehead atoms. The van der Waals surface area contributed by atoms with Crippen LogP contribution in [0, 0.1) is 0 Å². The summed E-state index contributed by atoms with van der Waals surface area (Å²) in [6, 6.07) is 18.2. The minimum Gasteiger partial charge on any atom is -0.338 e. The van der Waals surface area contributed by atoms with Gasteiger partial charge in [0.15, 0.2) is 0 Å². The Kier molecular flexibility index (Phi) is 3.86. The largest absolute Gasteiger partial charge is 0.338 e. The first kappa shape index (κ1) is 20.0. The van der Waals surface area contributed by atoms with Crippen LogP contribution in [-0.2, 0) is 0 Å². The van der Waals surface area contributed by atoms with Gasteiger partial charge in [-0.15, -0.1) is 0 Å². The number of hydrogen-bond donors (Lipinski definition) is 4. The molecule has 0 aliphatic heterocycles. The third kappa shape index (κ3) is 2.72. The molecule has 0 spiro atoms. The Morgan fingerprint density at radius 1 is 0.568 bits per heavy atom. The maximum atomic E-state index is 5.04. The zero-order valence-electron chi connectivity index (χ0n) is 19.8. The molecule has 4 N–H and O–H groups in total. The number of fused-ring (bicyclic) bond motifs is 8. The summed E-state index contributed by atoms with van der Waals surface area (Å²) in [5.41, 5.74) is 9.81. The molecular formula is C29H20N8. The van der Waals surface area contributed by atoms with Gasteiger partial charge in [0.2, 0.25) is 0 Å². The summed E-state index contributed by atoms with van der Waals surface area (Å²) in [6.45, 7) is 6.09. The van der Waals surface area contributed by atoms with Crippen molar-refractivity contribution in [1.82, 2.24) is 39.9 Å². The van der Waals surface area contributed by atoms with Crippen LogP contribution in [0.2, 0.25) is 0 Å². The summed E-state index contributed by atoms with van der Waals surface area (Å²) in [5.74, 6) is 0. The maximum absolute atomic E-state index is 5.04. The number of aromatic amines is 4. The fourth-order valence-electron chi connectivity index (χ4n) is 5.29. The molecule has 0 aliphatic carbocycles. The van der Waals surface area contributed by atoms with Gasteiger partial charge in [-0.3, -0.25) is 0 Å². The minimum absolute atomic E-state index is 0.697. The van der Waals surface area contributed by atoms with Crippen LogP contribution < -0.4 is 5.35 Å². The van der Waals surface area contributed by atoms with E-state index in [9.17, 15) is 0 Å². The van der Waals surface area contributed by atoms with Crippen molar-refractivity contribution in [3.63, 3.8) is 0 Å². The van der Waals surface area contributed by atoms with Gasteiger partial charge in [-0.05, 0) is 43.3 Å². The number of H-pyrrole nitrogens is 4.